The molecule has 3 aliphatic rings. The van der Waals surface area contributed by atoms with Gasteiger partial charge >= 0.3 is 5.97 Å². The summed E-state index contributed by atoms with van der Waals surface area (Å²) < 4.78 is -0.711. The van der Waals surface area contributed by atoms with Crippen LogP contribution in [0.4, 0.5) is 0 Å². The zero-order valence-electron chi connectivity index (χ0n) is 17.9. The third-order valence-corrected chi connectivity index (χ3v) is 7.27. The van der Waals surface area contributed by atoms with Gasteiger partial charge in [0.25, 0.3) is 5.91 Å². The zero-order chi connectivity index (χ0) is 23.9. The van der Waals surface area contributed by atoms with Crippen LogP contribution in [-0.2, 0) is 19.2 Å². The fourth-order valence-corrected chi connectivity index (χ4v) is 5.76. The summed E-state index contributed by atoms with van der Waals surface area (Å²) >= 11 is 1.33. The Morgan fingerprint density at radius 2 is 1.94 bits per heavy atom. The summed E-state index contributed by atoms with van der Waals surface area (Å²) in [6, 6.07) is 5.62. The van der Waals surface area contributed by atoms with Gasteiger partial charge in [-0.25, -0.2) is 15.8 Å². The zero-order valence-corrected chi connectivity index (χ0v) is 18.7. The lowest BCUT2D eigenvalue weighted by atomic mass is 9.95. The topological polar surface area (TPSA) is 157 Å². The van der Waals surface area contributed by atoms with Crippen molar-refractivity contribution in [3.63, 3.8) is 0 Å². The van der Waals surface area contributed by atoms with Gasteiger partial charge in [-0.1, -0.05) is 30.3 Å². The second-order valence-electron chi connectivity index (χ2n) is 8.31. The van der Waals surface area contributed by atoms with E-state index in [1.54, 1.807) is 50.3 Å². The van der Waals surface area contributed by atoms with Gasteiger partial charge in [0.15, 0.2) is 0 Å². The molecule has 0 spiro atoms. The molecule has 4 atom stereocenters. The van der Waals surface area contributed by atoms with Crippen LogP contribution < -0.4 is 21.9 Å². The molecule has 2 fully saturated rings. The second-order valence-corrected chi connectivity index (χ2v) is 10.1. The number of hydrazine groups is 2. The number of hydrogen-bond acceptors (Lipinski definition) is 8. The number of hydrogen-bond donors (Lipinski definition) is 5. The first kappa shape index (κ1) is 22.7. The Morgan fingerprint density at radius 1 is 1.24 bits per heavy atom. The highest BCUT2D eigenvalue weighted by atomic mass is 32.2. The fraction of sp³-hybridized carbons (Fsp3) is 0.333. The van der Waals surface area contributed by atoms with Crippen LogP contribution in [0, 0.1) is 0 Å². The van der Waals surface area contributed by atoms with Gasteiger partial charge in [0, 0.05) is 10.9 Å². The Bertz CT molecular complexity index is 1060. The van der Waals surface area contributed by atoms with Gasteiger partial charge < -0.3 is 20.6 Å². The van der Waals surface area contributed by atoms with Crippen molar-refractivity contribution < 1.29 is 24.3 Å². The Hall–Kier alpha value is -3.51. The highest BCUT2D eigenvalue weighted by Crippen LogP contribution is 2.50. The van der Waals surface area contributed by atoms with Crippen molar-refractivity contribution in [3.05, 3.63) is 59.9 Å². The first-order valence-corrected chi connectivity index (χ1v) is 11.1. The van der Waals surface area contributed by atoms with Gasteiger partial charge in [-0.2, -0.15) is 0 Å². The van der Waals surface area contributed by atoms with E-state index < -0.39 is 51.9 Å². The molecule has 6 N–H and O–H groups in total. The van der Waals surface area contributed by atoms with Crippen molar-refractivity contribution >= 4 is 35.5 Å². The molecule has 0 radical (unpaired) electrons. The maximum atomic E-state index is 13.2. The molecule has 0 saturated carbocycles. The number of benzene rings is 1. The first-order chi connectivity index (χ1) is 15.6. The maximum absolute atomic E-state index is 13.2. The van der Waals surface area contributed by atoms with Crippen LogP contribution in [0.5, 0.6) is 0 Å². The van der Waals surface area contributed by atoms with Gasteiger partial charge in [-0.15, -0.1) is 11.8 Å². The molecule has 12 heteroatoms. The lowest BCUT2D eigenvalue weighted by molar-refractivity contribution is -0.161. The number of carbonyl (C=O) groups is 4. The number of allylic oxidation sites excluding steroid dienone is 2. The molecule has 1 aromatic carbocycles. The van der Waals surface area contributed by atoms with E-state index in [4.69, 9.17) is 5.84 Å². The average molecular weight is 473 g/mol. The van der Waals surface area contributed by atoms with Gasteiger partial charge in [0.05, 0.1) is 0 Å². The van der Waals surface area contributed by atoms with Crippen molar-refractivity contribution in [2.75, 3.05) is 0 Å². The van der Waals surface area contributed by atoms with Crippen LogP contribution >= 0.6 is 11.8 Å². The van der Waals surface area contributed by atoms with Crippen LogP contribution in [0.2, 0.25) is 0 Å². The second kappa shape index (κ2) is 8.45. The number of carbonyl (C=O) groups excluding carboxylic acids is 3. The van der Waals surface area contributed by atoms with Crippen LogP contribution in [0.3, 0.4) is 0 Å². The first-order valence-electron chi connectivity index (χ1n) is 10.2. The van der Waals surface area contributed by atoms with Crippen molar-refractivity contribution in [2.24, 2.45) is 5.84 Å². The van der Waals surface area contributed by atoms with Crippen molar-refractivity contribution in [1.82, 2.24) is 26.1 Å². The van der Waals surface area contributed by atoms with Gasteiger partial charge in [-0.05, 0) is 31.6 Å². The lowest BCUT2D eigenvalue weighted by Crippen LogP contribution is -2.71. The number of nitrogens with one attached hydrogen (secondary N) is 3. The van der Waals surface area contributed by atoms with Crippen molar-refractivity contribution in [3.8, 4) is 0 Å². The largest absolute Gasteiger partial charge is 0.480 e. The minimum absolute atomic E-state index is 0.0922. The Morgan fingerprint density at radius 3 is 2.58 bits per heavy atom. The number of nitrogens with two attached hydrogens (primary N) is 1. The van der Waals surface area contributed by atoms with E-state index in [9.17, 15) is 24.3 Å². The molecule has 33 heavy (non-hydrogen) atoms. The smallest absolute Gasteiger partial charge is 0.327 e. The van der Waals surface area contributed by atoms with Crippen LogP contribution in [0.1, 0.15) is 25.5 Å². The summed E-state index contributed by atoms with van der Waals surface area (Å²) in [5, 5.41) is 15.5. The van der Waals surface area contributed by atoms with Gasteiger partial charge in [0.2, 0.25) is 11.8 Å². The van der Waals surface area contributed by atoms with E-state index in [-0.39, 0.29) is 5.70 Å². The number of aliphatic carboxylic acids is 1. The molecule has 4 rings (SSSR count). The van der Waals surface area contributed by atoms with E-state index in [1.165, 1.54) is 28.9 Å². The average Bonchev–Trinajstić information content (AvgIpc) is 3.04. The molecule has 3 heterocycles. The SMILES string of the molecule is CC1(C)S[C@@H]2[C@H](NC(=O)C(NC(=O)C3=CC=CNN3N)c3ccccc3)C(=O)N2[C@H]1C(=O)O. The molecule has 174 valence electrons. The molecule has 1 unspecified atom stereocenters. The molecular weight excluding hydrogens is 448 g/mol. The summed E-state index contributed by atoms with van der Waals surface area (Å²) in [6.07, 6.45) is 4.62. The maximum Gasteiger partial charge on any atom is 0.327 e. The molecule has 1 aromatic rings. The molecule has 3 amide bonds. The predicted molar refractivity (Wildman–Crippen MR) is 119 cm³/mol. The number of carboxylic acids is 1. The third kappa shape index (κ3) is 4.02. The monoisotopic (exact) mass is 472 g/mol. The van der Waals surface area contributed by atoms with Gasteiger partial charge in [-0.3, -0.25) is 19.8 Å². The molecule has 0 aromatic heterocycles. The molecular formula is C21H24N6O5S. The van der Waals surface area contributed by atoms with Crippen molar-refractivity contribution in [2.45, 2.75) is 42.1 Å². The summed E-state index contributed by atoms with van der Waals surface area (Å²) in [4.78, 5) is 51.8. The number of rotatable bonds is 6. The van der Waals surface area contributed by atoms with E-state index in [2.05, 4.69) is 16.1 Å². The number of carboxylic acid groups (broad SMARTS) is 1. The Kier molecular flexibility index (Phi) is 5.80. The summed E-state index contributed by atoms with van der Waals surface area (Å²) in [5.41, 5.74) is 3.26. The number of β-lactam (4-membered cyclic amide) rings is 1. The molecule has 0 aliphatic carbocycles. The minimum Gasteiger partial charge on any atom is -0.480 e. The number of nitrogens with zero attached hydrogens (tertiary/aromatic N) is 2. The number of thioether (sulfide) groups is 1. The predicted octanol–water partition coefficient (Wildman–Crippen LogP) is -0.433. The van der Waals surface area contributed by atoms with Crippen molar-refractivity contribution in [1.29, 1.82) is 0 Å². The highest BCUT2D eigenvalue weighted by molar-refractivity contribution is 8.01. The lowest BCUT2D eigenvalue weighted by Gasteiger charge is -2.44. The summed E-state index contributed by atoms with van der Waals surface area (Å²) in [7, 11) is 0. The Balaban J connectivity index is 1.53. The van der Waals surface area contributed by atoms with E-state index >= 15 is 0 Å². The van der Waals surface area contributed by atoms with Gasteiger partial charge in [0.1, 0.15) is 29.2 Å². The molecule has 2 saturated heterocycles. The molecule has 0 bridgehead atoms. The normalized spacial score (nSPS) is 25.8. The summed E-state index contributed by atoms with van der Waals surface area (Å²) in [5.74, 6) is 3.03. The summed E-state index contributed by atoms with van der Waals surface area (Å²) in [6.45, 7) is 3.51. The Labute approximate surface area is 194 Å². The van der Waals surface area contributed by atoms with E-state index in [0.717, 1.165) is 5.12 Å². The van der Waals surface area contributed by atoms with E-state index in [0.29, 0.717) is 5.56 Å². The quantitative estimate of drug-likeness (QED) is 0.274. The van der Waals surface area contributed by atoms with E-state index in [1.807, 2.05) is 0 Å². The minimum atomic E-state index is -1.10. The van der Waals surface area contributed by atoms with Crippen LogP contribution in [0.15, 0.2) is 54.4 Å². The van der Waals surface area contributed by atoms with Crippen LogP contribution in [-0.4, -0.2) is 61.0 Å². The fourth-order valence-electron chi connectivity index (χ4n) is 4.13. The number of fused-ring (bicyclic) bond motifs is 1. The number of amides is 3. The standard InChI is InChI=1S/C21H24N6O5S/c1-21(2)15(20(31)32)26-18(30)14(19(26)33-21)25-17(29)13(11-7-4-3-5-8-11)24-16(28)12-9-6-10-23-27(12)22/h3-10,13-15,19,23H,22H2,1-2H3,(H,24,28)(H,25,29)(H,31,32)/t13?,14-,15+,19-/m1/s1. The molecule has 3 aliphatic heterocycles. The molecule has 11 nitrogen and oxygen atoms in total. The van der Waals surface area contributed by atoms with Crippen LogP contribution in [0.25, 0.3) is 0 Å². The highest BCUT2D eigenvalue weighted by Gasteiger charge is 2.64. The third-order valence-electron chi connectivity index (χ3n) is 5.70.